The summed E-state index contributed by atoms with van der Waals surface area (Å²) in [6.45, 7) is -0.0342. The normalized spacial score (nSPS) is 10.3. The zero-order valence-corrected chi connectivity index (χ0v) is 10.1. The zero-order valence-electron chi connectivity index (χ0n) is 10.1. The van der Waals surface area contributed by atoms with Gasteiger partial charge in [0.25, 0.3) is 11.4 Å². The lowest BCUT2D eigenvalue weighted by molar-refractivity contribution is 0.360. The maximum Gasteiger partial charge on any atom is 0.297 e. The lowest BCUT2D eigenvalue weighted by Gasteiger charge is -2.11. The molecule has 0 radical (unpaired) electrons. The molecule has 1 aromatic carbocycles. The minimum Gasteiger partial charge on any atom is -0.487 e. The van der Waals surface area contributed by atoms with Crippen molar-refractivity contribution in [1.29, 1.82) is 0 Å². The number of rotatable bonds is 4. The Balaban J connectivity index is 2.45. The van der Waals surface area contributed by atoms with E-state index in [1.54, 1.807) is 0 Å². The molecule has 1 aromatic heterocycles. The highest BCUT2D eigenvalue weighted by atomic mass is 19.1. The molecule has 0 unspecified atom stereocenters. The molecule has 0 atom stereocenters. The molecule has 0 bridgehead atoms. The van der Waals surface area contributed by atoms with Crippen LogP contribution >= 0.6 is 0 Å². The van der Waals surface area contributed by atoms with Gasteiger partial charge in [-0.25, -0.2) is 9.37 Å². The second-order valence-electron chi connectivity index (χ2n) is 3.59. The molecule has 0 spiro atoms. The van der Waals surface area contributed by atoms with Crippen LogP contribution in [0.2, 0.25) is 0 Å². The second kappa shape index (κ2) is 5.49. The van der Waals surface area contributed by atoms with Gasteiger partial charge in [-0.1, -0.05) is 6.07 Å². The molecule has 1 heterocycles. The number of nitrogens with one attached hydrogen (secondary N) is 1. The average Bonchev–Trinajstić information content (AvgIpc) is 2.39. The van der Waals surface area contributed by atoms with Gasteiger partial charge in [0.15, 0.2) is 0 Å². The number of methoxy groups -OCH3 is 1. The van der Waals surface area contributed by atoms with E-state index in [9.17, 15) is 9.18 Å². The van der Waals surface area contributed by atoms with Crippen LogP contribution in [0.4, 0.5) is 4.39 Å². The fourth-order valence-electron chi connectivity index (χ4n) is 1.56. The van der Waals surface area contributed by atoms with Gasteiger partial charge in [0.2, 0.25) is 5.75 Å². The van der Waals surface area contributed by atoms with Crippen LogP contribution in [-0.4, -0.2) is 17.1 Å². The van der Waals surface area contributed by atoms with E-state index < -0.39 is 11.4 Å². The van der Waals surface area contributed by atoms with Crippen LogP contribution in [0, 0.1) is 5.82 Å². The Kier molecular flexibility index (Phi) is 3.76. The van der Waals surface area contributed by atoms with E-state index in [0.29, 0.717) is 0 Å². The number of aromatic amines is 1. The van der Waals surface area contributed by atoms with E-state index in [1.165, 1.54) is 31.6 Å². The summed E-state index contributed by atoms with van der Waals surface area (Å²) in [5.74, 6) is -0.427. The quantitative estimate of drug-likeness (QED) is 0.866. The zero-order chi connectivity index (χ0) is 13.8. The van der Waals surface area contributed by atoms with Crippen LogP contribution in [0.5, 0.6) is 17.4 Å². The van der Waals surface area contributed by atoms with E-state index in [2.05, 4.69) is 9.97 Å². The molecule has 6 nitrogen and oxygen atoms in total. The van der Waals surface area contributed by atoms with Crippen LogP contribution in [-0.2, 0) is 6.54 Å². The number of nitrogens with two attached hydrogens (primary N) is 1. The first kappa shape index (κ1) is 13.0. The van der Waals surface area contributed by atoms with Crippen molar-refractivity contribution in [2.24, 2.45) is 5.73 Å². The summed E-state index contributed by atoms with van der Waals surface area (Å²) in [6, 6.07) is 4.29. The van der Waals surface area contributed by atoms with Gasteiger partial charge in [-0.2, -0.15) is 0 Å². The molecule has 0 amide bonds. The molecule has 100 valence electrons. The highest BCUT2D eigenvalue weighted by Gasteiger charge is 2.14. The number of benzene rings is 1. The third-order valence-electron chi connectivity index (χ3n) is 2.47. The van der Waals surface area contributed by atoms with Gasteiger partial charge in [0, 0.05) is 12.1 Å². The second-order valence-corrected chi connectivity index (χ2v) is 3.59. The summed E-state index contributed by atoms with van der Waals surface area (Å²) < 4.78 is 23.8. The van der Waals surface area contributed by atoms with Crippen molar-refractivity contribution in [2.75, 3.05) is 7.11 Å². The van der Waals surface area contributed by atoms with Gasteiger partial charge in [0.1, 0.15) is 11.6 Å². The Morgan fingerprint density at radius 2 is 2.26 bits per heavy atom. The third kappa shape index (κ3) is 2.55. The Bertz CT molecular complexity index is 642. The number of hydrogen-bond donors (Lipinski definition) is 2. The molecular formula is C12H12FN3O3. The summed E-state index contributed by atoms with van der Waals surface area (Å²) in [7, 11) is 1.31. The summed E-state index contributed by atoms with van der Waals surface area (Å²) in [4.78, 5) is 17.7. The van der Waals surface area contributed by atoms with E-state index in [-0.39, 0.29) is 29.5 Å². The SMILES string of the molecule is COc1c(Oc2cccc(F)c2CN)nc[nH]c1=O. The average molecular weight is 265 g/mol. The smallest absolute Gasteiger partial charge is 0.297 e. The van der Waals surface area contributed by atoms with Crippen molar-refractivity contribution < 1.29 is 13.9 Å². The molecule has 0 aliphatic carbocycles. The summed E-state index contributed by atoms with van der Waals surface area (Å²) in [5.41, 5.74) is 5.18. The van der Waals surface area contributed by atoms with Crippen LogP contribution in [0.3, 0.4) is 0 Å². The first-order chi connectivity index (χ1) is 9.17. The molecular weight excluding hydrogens is 253 g/mol. The maximum atomic E-state index is 13.5. The number of ether oxygens (including phenoxy) is 2. The van der Waals surface area contributed by atoms with Crippen molar-refractivity contribution in [1.82, 2.24) is 9.97 Å². The first-order valence-corrected chi connectivity index (χ1v) is 5.44. The van der Waals surface area contributed by atoms with E-state index in [0.717, 1.165) is 0 Å². The maximum absolute atomic E-state index is 13.5. The summed E-state index contributed by atoms with van der Waals surface area (Å²) in [6.07, 6.45) is 1.17. The third-order valence-corrected chi connectivity index (χ3v) is 2.47. The Labute approximate surface area is 108 Å². The number of H-pyrrole nitrogens is 1. The first-order valence-electron chi connectivity index (χ1n) is 5.44. The Hall–Kier alpha value is -2.41. The van der Waals surface area contributed by atoms with Gasteiger partial charge >= 0.3 is 0 Å². The van der Waals surface area contributed by atoms with Gasteiger partial charge in [0.05, 0.1) is 13.4 Å². The molecule has 0 saturated heterocycles. The van der Waals surface area contributed by atoms with Gasteiger partial charge < -0.3 is 20.2 Å². The molecule has 19 heavy (non-hydrogen) atoms. The summed E-state index contributed by atoms with van der Waals surface area (Å²) in [5, 5.41) is 0. The van der Waals surface area contributed by atoms with Crippen molar-refractivity contribution in [3.05, 3.63) is 46.3 Å². The summed E-state index contributed by atoms with van der Waals surface area (Å²) >= 11 is 0. The molecule has 3 N–H and O–H groups in total. The molecule has 2 aromatic rings. The lowest BCUT2D eigenvalue weighted by atomic mass is 10.2. The minimum absolute atomic E-state index is 0.0342. The Morgan fingerprint density at radius 3 is 2.95 bits per heavy atom. The van der Waals surface area contributed by atoms with Gasteiger partial charge in [-0.3, -0.25) is 4.79 Å². The van der Waals surface area contributed by atoms with E-state index in [1.807, 2.05) is 0 Å². The molecule has 0 saturated carbocycles. The van der Waals surface area contributed by atoms with Gasteiger partial charge in [-0.05, 0) is 12.1 Å². The monoisotopic (exact) mass is 265 g/mol. The predicted molar refractivity (Wildman–Crippen MR) is 65.8 cm³/mol. The minimum atomic E-state index is -0.488. The highest BCUT2D eigenvalue weighted by Crippen LogP contribution is 2.29. The number of halogens is 1. The fraction of sp³-hybridized carbons (Fsp3) is 0.167. The molecule has 0 aliphatic heterocycles. The van der Waals surface area contributed by atoms with E-state index in [4.69, 9.17) is 15.2 Å². The van der Waals surface area contributed by atoms with Crippen LogP contribution in [0.1, 0.15) is 5.56 Å². The molecule has 7 heteroatoms. The highest BCUT2D eigenvalue weighted by molar-refractivity contribution is 5.40. The standard InChI is InChI=1S/C12H12FN3O3/c1-18-10-11(17)15-6-16-12(10)19-9-4-2-3-8(13)7(9)5-14/h2-4,6H,5,14H2,1H3,(H,15,16,17). The van der Waals surface area contributed by atoms with Crippen molar-refractivity contribution >= 4 is 0 Å². The van der Waals surface area contributed by atoms with Crippen molar-refractivity contribution in [3.8, 4) is 17.4 Å². The Morgan fingerprint density at radius 1 is 1.47 bits per heavy atom. The van der Waals surface area contributed by atoms with Gasteiger partial charge in [-0.15, -0.1) is 0 Å². The number of aromatic nitrogens is 2. The van der Waals surface area contributed by atoms with Crippen molar-refractivity contribution in [3.63, 3.8) is 0 Å². The molecule has 0 aliphatic rings. The topological polar surface area (TPSA) is 90.2 Å². The lowest BCUT2D eigenvalue weighted by Crippen LogP contribution is -2.11. The van der Waals surface area contributed by atoms with Crippen LogP contribution in [0.25, 0.3) is 0 Å². The predicted octanol–water partition coefficient (Wildman–Crippen LogP) is 1.17. The molecule has 0 fully saturated rings. The van der Waals surface area contributed by atoms with Crippen LogP contribution < -0.4 is 20.8 Å². The number of hydrogen-bond acceptors (Lipinski definition) is 5. The number of nitrogens with zero attached hydrogens (tertiary/aromatic N) is 1. The van der Waals surface area contributed by atoms with E-state index >= 15 is 0 Å². The fourth-order valence-corrected chi connectivity index (χ4v) is 1.56. The largest absolute Gasteiger partial charge is 0.487 e. The molecule has 2 rings (SSSR count). The van der Waals surface area contributed by atoms with Crippen molar-refractivity contribution in [2.45, 2.75) is 6.54 Å². The van der Waals surface area contributed by atoms with Crippen LogP contribution in [0.15, 0.2) is 29.3 Å².